The van der Waals surface area contributed by atoms with Crippen molar-refractivity contribution in [3.63, 3.8) is 0 Å². The van der Waals surface area contributed by atoms with Gasteiger partial charge in [0, 0.05) is 24.3 Å². The predicted octanol–water partition coefficient (Wildman–Crippen LogP) is 4.32. The van der Waals surface area contributed by atoms with Crippen LogP contribution in [-0.2, 0) is 21.4 Å². The third-order valence-corrected chi connectivity index (χ3v) is 7.31. The summed E-state index contributed by atoms with van der Waals surface area (Å²) in [5.74, 6) is 0.294. The molecule has 1 amide bonds. The summed E-state index contributed by atoms with van der Waals surface area (Å²) < 4.78 is 39.1. The molecule has 1 aliphatic heterocycles. The van der Waals surface area contributed by atoms with E-state index in [0.717, 1.165) is 5.56 Å². The minimum atomic E-state index is -3.73. The van der Waals surface area contributed by atoms with Crippen LogP contribution in [0.25, 0.3) is 0 Å². The molecule has 8 heteroatoms. The average molecular weight is 481 g/mol. The van der Waals surface area contributed by atoms with Crippen LogP contribution in [0.4, 0.5) is 5.69 Å². The number of nitrogens with zero attached hydrogens (tertiary/aromatic N) is 1. The number of nitrogens with one attached hydrogen (secondary N) is 1. The van der Waals surface area contributed by atoms with Gasteiger partial charge in [0.2, 0.25) is 10.0 Å². The Balaban J connectivity index is 1.41. The Morgan fingerprint density at radius 1 is 0.971 bits per heavy atom. The lowest BCUT2D eigenvalue weighted by Crippen LogP contribution is -2.48. The van der Waals surface area contributed by atoms with Gasteiger partial charge < -0.3 is 14.8 Å². The van der Waals surface area contributed by atoms with Crippen LogP contribution in [-0.4, -0.2) is 43.9 Å². The molecule has 3 aromatic rings. The summed E-state index contributed by atoms with van der Waals surface area (Å²) in [7, 11) is -3.73. The highest BCUT2D eigenvalue weighted by Gasteiger charge is 2.32. The van der Waals surface area contributed by atoms with E-state index in [1.54, 1.807) is 36.4 Å². The first kappa shape index (κ1) is 23.9. The van der Waals surface area contributed by atoms with E-state index in [4.69, 9.17) is 9.47 Å². The first-order chi connectivity index (χ1) is 16.3. The Labute approximate surface area is 200 Å². The van der Waals surface area contributed by atoms with E-state index in [-0.39, 0.29) is 35.8 Å². The SMILES string of the molecule is C[C@H]1CN(S(=O)(=O)c2cccc(C(=O)Nc3ccc(OCc4ccccc4)cc3)c2)C[C@H](C)O1. The van der Waals surface area contributed by atoms with E-state index in [9.17, 15) is 13.2 Å². The summed E-state index contributed by atoms with van der Waals surface area (Å²) in [6, 6.07) is 23.0. The number of hydrogen-bond acceptors (Lipinski definition) is 5. The third kappa shape index (κ3) is 5.83. The largest absolute Gasteiger partial charge is 0.489 e. The summed E-state index contributed by atoms with van der Waals surface area (Å²) in [6.07, 6.45) is -0.380. The van der Waals surface area contributed by atoms with Crippen LogP contribution in [0, 0.1) is 0 Å². The zero-order valence-corrected chi connectivity index (χ0v) is 20.0. The molecule has 0 saturated carbocycles. The summed E-state index contributed by atoms with van der Waals surface area (Å²) in [6.45, 7) is 4.71. The Hall–Kier alpha value is -3.20. The number of sulfonamides is 1. The van der Waals surface area contributed by atoms with Gasteiger partial charge in [0.1, 0.15) is 12.4 Å². The maximum atomic E-state index is 13.1. The van der Waals surface area contributed by atoms with Crippen LogP contribution in [0.3, 0.4) is 0 Å². The molecule has 178 valence electrons. The van der Waals surface area contributed by atoms with E-state index in [1.165, 1.54) is 16.4 Å². The minimum absolute atomic E-state index is 0.0890. The number of amides is 1. The molecule has 2 atom stereocenters. The second-order valence-electron chi connectivity index (χ2n) is 8.36. The van der Waals surface area contributed by atoms with Crippen molar-refractivity contribution in [1.82, 2.24) is 4.31 Å². The van der Waals surface area contributed by atoms with Crippen molar-refractivity contribution in [3.05, 3.63) is 90.0 Å². The summed E-state index contributed by atoms with van der Waals surface area (Å²) in [5, 5.41) is 2.81. The molecule has 1 N–H and O–H groups in total. The van der Waals surface area contributed by atoms with Gasteiger partial charge in [-0.1, -0.05) is 36.4 Å². The van der Waals surface area contributed by atoms with Crippen molar-refractivity contribution in [1.29, 1.82) is 0 Å². The van der Waals surface area contributed by atoms with Gasteiger partial charge >= 0.3 is 0 Å². The number of benzene rings is 3. The normalized spacial score (nSPS) is 18.9. The van der Waals surface area contributed by atoms with E-state index >= 15 is 0 Å². The predicted molar refractivity (Wildman–Crippen MR) is 130 cm³/mol. The number of carbonyl (C=O) groups is 1. The minimum Gasteiger partial charge on any atom is -0.489 e. The number of carbonyl (C=O) groups excluding carboxylic acids is 1. The Kier molecular flexibility index (Phi) is 7.31. The van der Waals surface area contributed by atoms with Gasteiger partial charge in [-0.25, -0.2) is 8.42 Å². The second-order valence-corrected chi connectivity index (χ2v) is 10.3. The molecule has 0 bridgehead atoms. The first-order valence-electron chi connectivity index (χ1n) is 11.1. The van der Waals surface area contributed by atoms with Crippen LogP contribution >= 0.6 is 0 Å². The molecule has 1 saturated heterocycles. The van der Waals surface area contributed by atoms with E-state index in [1.807, 2.05) is 44.2 Å². The zero-order valence-electron chi connectivity index (χ0n) is 19.2. The lowest BCUT2D eigenvalue weighted by atomic mass is 10.2. The van der Waals surface area contributed by atoms with Gasteiger partial charge in [0.05, 0.1) is 17.1 Å². The van der Waals surface area contributed by atoms with Gasteiger partial charge in [-0.3, -0.25) is 4.79 Å². The molecule has 4 rings (SSSR count). The summed E-state index contributed by atoms with van der Waals surface area (Å²) >= 11 is 0. The molecule has 0 spiro atoms. The fourth-order valence-corrected chi connectivity index (χ4v) is 5.49. The fraction of sp³-hybridized carbons (Fsp3) is 0.269. The van der Waals surface area contributed by atoms with Crippen LogP contribution in [0.2, 0.25) is 0 Å². The number of hydrogen-bond donors (Lipinski definition) is 1. The van der Waals surface area contributed by atoms with Crippen LogP contribution in [0.5, 0.6) is 5.75 Å². The highest BCUT2D eigenvalue weighted by atomic mass is 32.2. The summed E-state index contributed by atoms with van der Waals surface area (Å²) in [5.41, 5.74) is 1.91. The smallest absolute Gasteiger partial charge is 0.255 e. The number of morpholine rings is 1. The maximum Gasteiger partial charge on any atom is 0.255 e. The van der Waals surface area contributed by atoms with Crippen molar-refractivity contribution in [2.75, 3.05) is 18.4 Å². The van der Waals surface area contributed by atoms with E-state index in [0.29, 0.717) is 18.0 Å². The van der Waals surface area contributed by atoms with Gasteiger partial charge in [0.25, 0.3) is 5.91 Å². The van der Waals surface area contributed by atoms with Gasteiger partial charge in [0.15, 0.2) is 0 Å². The first-order valence-corrected chi connectivity index (χ1v) is 12.6. The molecule has 0 unspecified atom stereocenters. The Bertz CT molecular complexity index is 1220. The van der Waals surface area contributed by atoms with Crippen molar-refractivity contribution in [2.24, 2.45) is 0 Å². The molecule has 1 heterocycles. The lowest BCUT2D eigenvalue weighted by Gasteiger charge is -2.34. The fourth-order valence-electron chi connectivity index (χ4n) is 3.85. The molecule has 1 aliphatic rings. The van der Waals surface area contributed by atoms with E-state index in [2.05, 4.69) is 5.32 Å². The highest BCUT2D eigenvalue weighted by molar-refractivity contribution is 7.89. The highest BCUT2D eigenvalue weighted by Crippen LogP contribution is 2.23. The zero-order chi connectivity index (χ0) is 24.1. The number of ether oxygens (including phenoxy) is 2. The molecule has 0 aromatic heterocycles. The summed E-state index contributed by atoms with van der Waals surface area (Å²) in [4.78, 5) is 12.9. The number of anilines is 1. The second kappa shape index (κ2) is 10.4. The Morgan fingerprint density at radius 3 is 2.32 bits per heavy atom. The van der Waals surface area contributed by atoms with Crippen LogP contribution in [0.1, 0.15) is 29.8 Å². The standard InChI is InChI=1S/C26H28N2O5S/c1-19-16-28(17-20(2)33-19)34(30,31)25-10-6-9-22(15-25)26(29)27-23-11-13-24(14-12-23)32-18-21-7-4-3-5-8-21/h3-15,19-20H,16-18H2,1-2H3,(H,27,29)/t19-,20-/m0/s1. The lowest BCUT2D eigenvalue weighted by molar-refractivity contribution is -0.0440. The van der Waals surface area contributed by atoms with Crippen molar-refractivity contribution in [3.8, 4) is 5.75 Å². The molecule has 1 fully saturated rings. The van der Waals surface area contributed by atoms with Crippen LogP contribution in [0.15, 0.2) is 83.8 Å². The molecule has 34 heavy (non-hydrogen) atoms. The quantitative estimate of drug-likeness (QED) is 0.545. The molecule has 3 aromatic carbocycles. The Morgan fingerprint density at radius 2 is 1.65 bits per heavy atom. The number of rotatable bonds is 7. The van der Waals surface area contributed by atoms with Gasteiger partial charge in [-0.15, -0.1) is 0 Å². The van der Waals surface area contributed by atoms with Crippen molar-refractivity contribution < 1.29 is 22.7 Å². The van der Waals surface area contributed by atoms with Crippen molar-refractivity contribution in [2.45, 2.75) is 37.6 Å². The van der Waals surface area contributed by atoms with Crippen LogP contribution < -0.4 is 10.1 Å². The third-order valence-electron chi connectivity index (χ3n) is 5.48. The maximum absolute atomic E-state index is 13.1. The average Bonchev–Trinajstić information content (AvgIpc) is 2.84. The van der Waals surface area contributed by atoms with Crippen molar-refractivity contribution >= 4 is 21.6 Å². The molecular weight excluding hydrogens is 452 g/mol. The van der Waals surface area contributed by atoms with Gasteiger partial charge in [-0.2, -0.15) is 4.31 Å². The topological polar surface area (TPSA) is 84.9 Å². The van der Waals surface area contributed by atoms with E-state index < -0.39 is 15.9 Å². The molecule has 0 radical (unpaired) electrons. The van der Waals surface area contributed by atoms with Gasteiger partial charge in [-0.05, 0) is 61.9 Å². The monoisotopic (exact) mass is 480 g/mol. The molecule has 0 aliphatic carbocycles. The molecular formula is C26H28N2O5S. The molecule has 7 nitrogen and oxygen atoms in total.